The molecule has 0 bridgehead atoms. The second kappa shape index (κ2) is 8.32. The van der Waals surface area contributed by atoms with Gasteiger partial charge in [0.1, 0.15) is 5.75 Å². The Kier molecular flexibility index (Phi) is 5.20. The zero-order valence-electron chi connectivity index (χ0n) is 20.6. The lowest BCUT2D eigenvalue weighted by Crippen LogP contribution is -2.35. The number of carbonyl (C=O) groups excluding carboxylic acids is 2. The molecule has 4 aromatic rings. The Labute approximate surface area is 208 Å². The van der Waals surface area contributed by atoms with Crippen LogP contribution in [-0.2, 0) is 4.79 Å². The predicted octanol–water partition coefficient (Wildman–Crippen LogP) is 3.55. The standard InChI is InChI=1S/C26H29N7O3/c1-16-11-26(12-24(34)31(2)15-26)7-6-20(16)32-14-17-9-18(21(36-3)10-19(17)30-32)25(35)29-23-13-27-22-5-4-8-28-33(22)23/h4-5,8-10,13-14,16,20H,6-7,11-12,15H2,1-3H3,(H,29,35)/t16-,20-,26+/m1/s1. The molecular formula is C26H29N7O3. The fourth-order valence-corrected chi connectivity index (χ4v) is 6.15. The molecule has 10 heteroatoms. The van der Waals surface area contributed by atoms with E-state index in [1.54, 1.807) is 30.1 Å². The lowest BCUT2D eigenvalue weighted by atomic mass is 9.67. The van der Waals surface area contributed by atoms with Crippen LogP contribution < -0.4 is 10.1 Å². The average molecular weight is 488 g/mol. The van der Waals surface area contributed by atoms with Crippen molar-refractivity contribution in [3.63, 3.8) is 0 Å². The Bertz CT molecular complexity index is 1490. The van der Waals surface area contributed by atoms with Crippen LogP contribution in [0, 0.1) is 11.3 Å². The molecule has 6 rings (SSSR count). The number of aromatic nitrogens is 5. The van der Waals surface area contributed by atoms with Crippen molar-refractivity contribution < 1.29 is 14.3 Å². The number of nitrogens with zero attached hydrogens (tertiary/aromatic N) is 6. The fourth-order valence-electron chi connectivity index (χ4n) is 6.15. The van der Waals surface area contributed by atoms with E-state index in [1.165, 1.54) is 0 Å². The molecule has 0 radical (unpaired) electrons. The number of methoxy groups -OCH3 is 1. The van der Waals surface area contributed by atoms with Crippen molar-refractivity contribution in [3.8, 4) is 5.75 Å². The first kappa shape index (κ1) is 22.5. The van der Waals surface area contributed by atoms with Gasteiger partial charge in [0.2, 0.25) is 5.91 Å². The second-order valence-electron chi connectivity index (χ2n) is 10.3. The monoisotopic (exact) mass is 487 g/mol. The van der Waals surface area contributed by atoms with E-state index in [-0.39, 0.29) is 23.3 Å². The van der Waals surface area contributed by atoms with Gasteiger partial charge in [-0.1, -0.05) is 6.92 Å². The molecular weight excluding hydrogens is 458 g/mol. The van der Waals surface area contributed by atoms with Crippen LogP contribution >= 0.6 is 0 Å². The van der Waals surface area contributed by atoms with Gasteiger partial charge >= 0.3 is 0 Å². The Morgan fingerprint density at radius 3 is 2.92 bits per heavy atom. The number of likely N-dealkylation sites (tertiary alicyclic amines) is 1. The number of hydrogen-bond donors (Lipinski definition) is 1. The van der Waals surface area contributed by atoms with Crippen LogP contribution in [0.1, 0.15) is 49.0 Å². The summed E-state index contributed by atoms with van der Waals surface area (Å²) >= 11 is 0. The summed E-state index contributed by atoms with van der Waals surface area (Å²) in [6.07, 6.45) is 8.89. The van der Waals surface area contributed by atoms with E-state index < -0.39 is 0 Å². The second-order valence-corrected chi connectivity index (χ2v) is 10.3. The van der Waals surface area contributed by atoms with Crippen molar-refractivity contribution in [2.75, 3.05) is 26.0 Å². The van der Waals surface area contributed by atoms with Gasteiger partial charge in [-0.05, 0) is 48.8 Å². The number of anilines is 1. The minimum atomic E-state index is -0.308. The van der Waals surface area contributed by atoms with Crippen molar-refractivity contribution in [1.29, 1.82) is 0 Å². The molecule has 2 amide bonds. The van der Waals surface area contributed by atoms with E-state index in [4.69, 9.17) is 9.84 Å². The van der Waals surface area contributed by atoms with Gasteiger partial charge in [-0.2, -0.15) is 14.7 Å². The van der Waals surface area contributed by atoms with Crippen LogP contribution in [0.5, 0.6) is 5.75 Å². The topological polar surface area (TPSA) is 107 Å². The molecule has 0 unspecified atom stereocenters. The van der Waals surface area contributed by atoms with Crippen LogP contribution in [-0.4, -0.2) is 61.8 Å². The van der Waals surface area contributed by atoms with Crippen molar-refractivity contribution in [2.24, 2.45) is 11.3 Å². The molecule has 1 aromatic carbocycles. The maximum absolute atomic E-state index is 13.2. The summed E-state index contributed by atoms with van der Waals surface area (Å²) in [5.74, 6) is 1.27. The number of carbonyl (C=O) groups is 2. The van der Waals surface area contributed by atoms with Crippen molar-refractivity contribution in [3.05, 3.63) is 48.4 Å². The number of fused-ring (bicyclic) bond motifs is 2. The average Bonchev–Trinajstić information content (AvgIpc) is 3.53. The number of amides is 2. The van der Waals surface area contributed by atoms with E-state index in [0.29, 0.717) is 35.1 Å². The smallest absolute Gasteiger partial charge is 0.260 e. The molecule has 10 nitrogen and oxygen atoms in total. The number of ether oxygens (including phenoxy) is 1. The quantitative estimate of drug-likeness (QED) is 0.472. The van der Waals surface area contributed by atoms with Crippen LogP contribution in [0.2, 0.25) is 0 Å². The molecule has 1 saturated carbocycles. The molecule has 1 spiro atoms. The third-order valence-electron chi connectivity index (χ3n) is 7.85. The number of rotatable bonds is 4. The predicted molar refractivity (Wildman–Crippen MR) is 134 cm³/mol. The summed E-state index contributed by atoms with van der Waals surface area (Å²) in [6.45, 7) is 3.10. The maximum Gasteiger partial charge on any atom is 0.260 e. The highest BCUT2D eigenvalue weighted by Crippen LogP contribution is 2.49. The summed E-state index contributed by atoms with van der Waals surface area (Å²) in [4.78, 5) is 31.6. The number of benzene rings is 1. The zero-order chi connectivity index (χ0) is 25.0. The van der Waals surface area contributed by atoms with Crippen molar-refractivity contribution >= 4 is 34.2 Å². The van der Waals surface area contributed by atoms with E-state index in [1.807, 2.05) is 41.0 Å². The zero-order valence-corrected chi connectivity index (χ0v) is 20.6. The molecule has 1 saturated heterocycles. The lowest BCUT2D eigenvalue weighted by Gasteiger charge is -2.40. The van der Waals surface area contributed by atoms with Crippen LogP contribution in [0.3, 0.4) is 0 Å². The Morgan fingerprint density at radius 2 is 2.17 bits per heavy atom. The van der Waals surface area contributed by atoms with Crippen LogP contribution in [0.4, 0.5) is 5.82 Å². The fraction of sp³-hybridized carbons (Fsp3) is 0.423. The van der Waals surface area contributed by atoms with Gasteiger partial charge in [0.25, 0.3) is 5.91 Å². The van der Waals surface area contributed by atoms with E-state index >= 15 is 0 Å². The van der Waals surface area contributed by atoms with E-state index in [0.717, 1.165) is 36.7 Å². The SMILES string of the molecule is COc1cc2nn([C@@H]3CC[C@@]4(CC(=O)N(C)C4)C[C@H]3C)cc2cc1C(=O)Nc1cnc2cccnn12. The van der Waals surface area contributed by atoms with Gasteiger partial charge in [0.15, 0.2) is 11.5 Å². The molecule has 2 aliphatic rings. The van der Waals surface area contributed by atoms with Crippen molar-refractivity contribution in [2.45, 2.75) is 38.6 Å². The molecule has 186 valence electrons. The molecule has 1 aliphatic heterocycles. The first-order valence-corrected chi connectivity index (χ1v) is 12.3. The largest absolute Gasteiger partial charge is 0.496 e. The molecule has 4 heterocycles. The summed E-state index contributed by atoms with van der Waals surface area (Å²) in [6, 6.07) is 7.49. The van der Waals surface area contributed by atoms with Crippen LogP contribution in [0.15, 0.2) is 42.9 Å². The number of imidazole rings is 1. The van der Waals surface area contributed by atoms with Crippen LogP contribution in [0.25, 0.3) is 16.6 Å². The summed E-state index contributed by atoms with van der Waals surface area (Å²) in [7, 11) is 3.45. The maximum atomic E-state index is 13.2. The molecule has 1 aliphatic carbocycles. The Hall–Kier alpha value is -3.95. The molecule has 2 fully saturated rings. The Morgan fingerprint density at radius 1 is 1.31 bits per heavy atom. The van der Waals surface area contributed by atoms with Gasteiger partial charge in [-0.15, -0.1) is 0 Å². The number of nitrogens with one attached hydrogen (secondary N) is 1. The van der Waals surface area contributed by atoms with E-state index in [2.05, 4.69) is 22.3 Å². The normalized spacial score (nSPS) is 24.2. The highest BCUT2D eigenvalue weighted by molar-refractivity contribution is 6.08. The van der Waals surface area contributed by atoms with Crippen molar-refractivity contribution in [1.82, 2.24) is 29.3 Å². The highest BCUT2D eigenvalue weighted by Gasteiger charge is 2.46. The van der Waals surface area contributed by atoms with Gasteiger partial charge in [-0.3, -0.25) is 14.3 Å². The summed E-state index contributed by atoms with van der Waals surface area (Å²) in [5.41, 5.74) is 1.94. The van der Waals surface area contributed by atoms with Gasteiger partial charge in [-0.25, -0.2) is 4.98 Å². The third-order valence-corrected chi connectivity index (χ3v) is 7.85. The lowest BCUT2D eigenvalue weighted by molar-refractivity contribution is -0.126. The first-order chi connectivity index (χ1) is 17.4. The minimum absolute atomic E-state index is 0.0928. The third kappa shape index (κ3) is 3.68. The molecule has 36 heavy (non-hydrogen) atoms. The van der Waals surface area contributed by atoms with Gasteiger partial charge in [0.05, 0.1) is 30.4 Å². The summed E-state index contributed by atoms with van der Waals surface area (Å²) < 4.78 is 9.17. The molecule has 1 N–H and O–H groups in total. The molecule has 3 atom stereocenters. The van der Waals surface area contributed by atoms with E-state index in [9.17, 15) is 9.59 Å². The highest BCUT2D eigenvalue weighted by atomic mass is 16.5. The van der Waals surface area contributed by atoms with Gasteiger partial charge in [0, 0.05) is 43.9 Å². The first-order valence-electron chi connectivity index (χ1n) is 12.3. The summed E-state index contributed by atoms with van der Waals surface area (Å²) in [5, 5.41) is 12.9. The van der Waals surface area contributed by atoms with Gasteiger partial charge < -0.3 is 15.0 Å². The minimum Gasteiger partial charge on any atom is -0.496 e. The molecule has 3 aromatic heterocycles. The number of hydrogen-bond acceptors (Lipinski definition) is 6. The Balaban J connectivity index is 1.26.